The maximum Gasteiger partial charge on any atom is 0.310 e. The monoisotopic (exact) mass is 156 g/mol. The maximum absolute atomic E-state index is 2.00. The van der Waals surface area contributed by atoms with Crippen molar-refractivity contribution < 1.29 is 9.19 Å². The van der Waals surface area contributed by atoms with Crippen molar-refractivity contribution in [2.45, 2.75) is 0 Å². The van der Waals surface area contributed by atoms with E-state index < -0.39 is 0 Å². The lowest BCUT2D eigenvalue weighted by molar-refractivity contribution is -0.690. The number of hydrogen-bond acceptors (Lipinski definition) is 0. The van der Waals surface area contributed by atoms with Gasteiger partial charge in [-0.1, -0.05) is 0 Å². The van der Waals surface area contributed by atoms with Crippen molar-refractivity contribution >= 4 is 15.1 Å². The van der Waals surface area contributed by atoms with Gasteiger partial charge in [-0.15, -0.1) is 0 Å². The second-order valence-electron chi connectivity index (χ2n) is 2.73. The Morgan fingerprint density at radius 1 is 0.833 bits per heavy atom. The van der Waals surface area contributed by atoms with Gasteiger partial charge in [-0.2, -0.15) is 0 Å². The van der Waals surface area contributed by atoms with E-state index in [9.17, 15) is 0 Å². The molecule has 0 saturated carbocycles. The first kappa shape index (κ1) is 6.11. The van der Waals surface area contributed by atoms with Gasteiger partial charge in [0.05, 0.1) is 0 Å². The lowest BCUT2D eigenvalue weighted by Gasteiger charge is -2.26. The van der Waals surface area contributed by atoms with E-state index in [0.717, 1.165) is 0 Å². The molecule has 0 N–H and O–H groups in total. The maximum atomic E-state index is 2.00. The van der Waals surface area contributed by atoms with Gasteiger partial charge in [-0.25, -0.2) is 0 Å². The van der Waals surface area contributed by atoms with Crippen LogP contribution in [0.15, 0.2) is 36.9 Å². The summed E-state index contributed by atoms with van der Waals surface area (Å²) in [6.07, 6.45) is 8.00. The Hall–Kier alpha value is -1.45. The molecule has 12 heavy (non-hydrogen) atoms. The van der Waals surface area contributed by atoms with E-state index in [4.69, 9.17) is 0 Å². The van der Waals surface area contributed by atoms with Crippen molar-refractivity contribution in [1.82, 2.24) is 9.19 Å². The Bertz CT molecular complexity index is 345. The molecule has 4 radical (unpaired) electrons. The number of aromatic nitrogens is 4. The quantitative estimate of drug-likeness (QED) is 0.336. The largest absolute Gasteiger partial charge is 0.395 e. The van der Waals surface area contributed by atoms with Gasteiger partial charge < -0.3 is 18.4 Å². The summed E-state index contributed by atoms with van der Waals surface area (Å²) >= 11 is 0. The molecule has 1 aliphatic heterocycles. The molecular weight excluding hydrogens is 150 g/mol. The van der Waals surface area contributed by atoms with E-state index in [1.807, 2.05) is 70.4 Å². The van der Waals surface area contributed by atoms with Gasteiger partial charge in [-0.3, -0.25) is 0 Å². The molecule has 0 amide bonds. The van der Waals surface area contributed by atoms with E-state index in [2.05, 4.69) is 0 Å². The molecule has 2 aromatic rings. The summed E-state index contributed by atoms with van der Waals surface area (Å²) in [5, 5.41) is 0. The Labute approximate surface area is 71.2 Å². The van der Waals surface area contributed by atoms with E-state index >= 15 is 0 Å². The average Bonchev–Trinajstić information content (AvgIpc) is 2.64. The summed E-state index contributed by atoms with van der Waals surface area (Å²) < 4.78 is 8.00. The Morgan fingerprint density at radius 2 is 1.33 bits per heavy atom. The second-order valence-corrected chi connectivity index (χ2v) is 2.73. The molecule has 0 saturated heterocycles. The molecule has 0 aromatic carbocycles. The van der Waals surface area contributed by atoms with Crippen molar-refractivity contribution in [3.05, 3.63) is 36.9 Å². The van der Waals surface area contributed by atoms with Crippen molar-refractivity contribution in [1.29, 1.82) is 0 Å². The molecule has 0 atom stereocenters. The Morgan fingerprint density at radius 3 is 1.83 bits per heavy atom. The zero-order valence-electron chi connectivity index (χ0n) is 6.41. The SMILES string of the molecule is [B-]1n2ccc[n+]2[B-]n2ccc[n+]21. The summed E-state index contributed by atoms with van der Waals surface area (Å²) in [6.45, 7) is 0. The van der Waals surface area contributed by atoms with Gasteiger partial charge in [0.2, 0.25) is 0 Å². The number of rotatable bonds is 0. The minimum absolute atomic E-state index is 2.00. The van der Waals surface area contributed by atoms with Crippen LogP contribution in [0.3, 0.4) is 0 Å². The molecule has 2 aromatic heterocycles. The molecule has 3 rings (SSSR count). The summed E-state index contributed by atoms with van der Waals surface area (Å²) in [4.78, 5) is 0. The van der Waals surface area contributed by atoms with Crippen molar-refractivity contribution in [3.8, 4) is 0 Å². The number of fused-ring (bicyclic) bond motifs is 2. The third-order valence-corrected chi connectivity index (χ3v) is 1.96. The molecule has 6 heteroatoms. The normalized spacial score (nSPS) is 14.0. The smallest absolute Gasteiger partial charge is 0.310 e. The fourth-order valence-electron chi connectivity index (χ4n) is 1.37. The van der Waals surface area contributed by atoms with E-state index in [0.29, 0.717) is 0 Å². The van der Waals surface area contributed by atoms with Crippen LogP contribution in [0.2, 0.25) is 0 Å². The predicted molar refractivity (Wildman–Crippen MR) is 42.4 cm³/mol. The standard InChI is InChI=1S/C6H6B2N4/c1-3-9-7-11-5-2-6-12(11)8-10(9)4-1/h1-6H. The number of nitrogens with zero attached hydrogens (tertiary/aromatic N) is 4. The lowest BCUT2D eigenvalue weighted by atomic mass is 10.1. The summed E-state index contributed by atoms with van der Waals surface area (Å²) in [5.41, 5.74) is 0. The van der Waals surface area contributed by atoms with Crippen LogP contribution < -0.4 is 9.19 Å². The molecule has 0 fully saturated rings. The van der Waals surface area contributed by atoms with Gasteiger partial charge in [0, 0.05) is 24.5 Å². The Kier molecular flexibility index (Phi) is 1.03. The molecule has 56 valence electrons. The molecule has 4 nitrogen and oxygen atoms in total. The first-order chi connectivity index (χ1) is 5.93. The lowest BCUT2D eigenvalue weighted by Crippen LogP contribution is -2.70. The van der Waals surface area contributed by atoms with Crippen molar-refractivity contribution in [2.75, 3.05) is 0 Å². The highest BCUT2D eigenvalue weighted by Crippen LogP contribution is 1.83. The van der Waals surface area contributed by atoms with Crippen LogP contribution in [0.5, 0.6) is 0 Å². The zero-order valence-corrected chi connectivity index (χ0v) is 6.41. The zero-order chi connectivity index (χ0) is 7.97. The van der Waals surface area contributed by atoms with E-state index in [-0.39, 0.29) is 0 Å². The number of hydrogen-bond donors (Lipinski definition) is 0. The van der Waals surface area contributed by atoms with Crippen LogP contribution in [-0.4, -0.2) is 24.3 Å². The van der Waals surface area contributed by atoms with Crippen molar-refractivity contribution in [3.63, 3.8) is 0 Å². The molecule has 0 bridgehead atoms. The summed E-state index contributed by atoms with van der Waals surface area (Å²) in [7, 11) is 4.00. The highest BCUT2D eigenvalue weighted by atomic mass is 15.5. The minimum Gasteiger partial charge on any atom is -0.395 e. The van der Waals surface area contributed by atoms with Gasteiger partial charge in [0.15, 0.2) is 0 Å². The van der Waals surface area contributed by atoms with Gasteiger partial charge in [0.25, 0.3) is 0 Å². The molecule has 0 spiro atoms. The molecular formula is C6H6B2N4. The minimum atomic E-state index is 2.00. The predicted octanol–water partition coefficient (Wildman–Crippen LogP) is -1.96. The summed E-state index contributed by atoms with van der Waals surface area (Å²) in [5.74, 6) is 0. The first-order valence-electron chi connectivity index (χ1n) is 3.80. The molecule has 3 heterocycles. The van der Waals surface area contributed by atoms with Crippen LogP contribution in [0, 0.1) is 0 Å². The van der Waals surface area contributed by atoms with Gasteiger partial charge in [0.1, 0.15) is 12.4 Å². The highest BCUT2D eigenvalue weighted by Gasteiger charge is 2.08. The average molecular weight is 156 g/mol. The van der Waals surface area contributed by atoms with Gasteiger partial charge >= 0.3 is 15.1 Å². The van der Waals surface area contributed by atoms with Crippen LogP contribution in [-0.2, 0) is 0 Å². The third-order valence-electron chi connectivity index (χ3n) is 1.96. The van der Waals surface area contributed by atoms with Crippen LogP contribution >= 0.6 is 0 Å². The third kappa shape index (κ3) is 0.691. The fourth-order valence-corrected chi connectivity index (χ4v) is 1.37. The second kappa shape index (κ2) is 2.03. The van der Waals surface area contributed by atoms with Crippen LogP contribution in [0.1, 0.15) is 0 Å². The highest BCUT2D eigenvalue weighted by molar-refractivity contribution is 6.27. The molecule has 1 aliphatic rings. The topological polar surface area (TPSA) is 17.6 Å². The van der Waals surface area contributed by atoms with Crippen molar-refractivity contribution in [2.24, 2.45) is 0 Å². The molecule has 0 aliphatic carbocycles. The fraction of sp³-hybridized carbons (Fsp3) is 0. The van der Waals surface area contributed by atoms with E-state index in [1.54, 1.807) is 0 Å². The van der Waals surface area contributed by atoms with Gasteiger partial charge in [-0.05, 0) is 0 Å². The summed E-state index contributed by atoms with van der Waals surface area (Å²) in [6, 6.07) is 4.00. The molecule has 0 unspecified atom stereocenters. The van der Waals surface area contributed by atoms with Crippen LogP contribution in [0.25, 0.3) is 0 Å². The van der Waals surface area contributed by atoms with E-state index in [1.165, 1.54) is 0 Å². The first-order valence-corrected chi connectivity index (χ1v) is 3.80. The Balaban J connectivity index is 2.15. The van der Waals surface area contributed by atoms with Crippen LogP contribution in [0.4, 0.5) is 0 Å².